The van der Waals surface area contributed by atoms with Crippen LogP contribution in [0.15, 0.2) is 47.5 Å². The van der Waals surface area contributed by atoms with Gasteiger partial charge in [0.05, 0.1) is 17.0 Å². The lowest BCUT2D eigenvalue weighted by atomic mass is 10.1. The topological polar surface area (TPSA) is 100 Å². The van der Waals surface area contributed by atoms with Gasteiger partial charge in [0.1, 0.15) is 0 Å². The monoisotopic (exact) mass is 253 g/mol. The Bertz CT molecular complexity index is 760. The molecule has 19 heavy (non-hydrogen) atoms. The van der Waals surface area contributed by atoms with Gasteiger partial charge in [-0.1, -0.05) is 6.07 Å². The van der Waals surface area contributed by atoms with E-state index in [1.807, 2.05) is 18.2 Å². The Morgan fingerprint density at radius 2 is 2.11 bits per heavy atom. The molecule has 4 N–H and O–H groups in total. The molecular formula is C13H11N5O. The Labute approximate surface area is 108 Å². The molecule has 0 bridgehead atoms. The van der Waals surface area contributed by atoms with Gasteiger partial charge in [0, 0.05) is 24.0 Å². The summed E-state index contributed by atoms with van der Waals surface area (Å²) in [6, 6.07) is 8.81. The number of hydrogen-bond acceptors (Lipinski definition) is 4. The van der Waals surface area contributed by atoms with Crippen molar-refractivity contribution in [2.45, 2.75) is 0 Å². The Balaban J connectivity index is 2.22. The smallest absolute Gasteiger partial charge is 0.248 e. The SMILES string of the molecule is Nc1n[nH]c(-c2cc[nH]c(=O)c2)c1-c1ccccn1. The van der Waals surface area contributed by atoms with Crippen LogP contribution >= 0.6 is 0 Å². The zero-order chi connectivity index (χ0) is 13.2. The molecule has 0 unspecified atom stereocenters. The second-order valence-corrected chi connectivity index (χ2v) is 4.02. The van der Waals surface area contributed by atoms with Crippen LogP contribution in [0.3, 0.4) is 0 Å². The van der Waals surface area contributed by atoms with Gasteiger partial charge in [0.2, 0.25) is 5.56 Å². The molecular weight excluding hydrogens is 242 g/mol. The second-order valence-electron chi connectivity index (χ2n) is 4.02. The molecule has 0 saturated carbocycles. The summed E-state index contributed by atoms with van der Waals surface area (Å²) in [5.74, 6) is 0.356. The fourth-order valence-electron chi connectivity index (χ4n) is 1.93. The maximum Gasteiger partial charge on any atom is 0.248 e. The molecule has 0 atom stereocenters. The number of nitrogens with zero attached hydrogens (tertiary/aromatic N) is 2. The summed E-state index contributed by atoms with van der Waals surface area (Å²) in [5.41, 5.74) is 8.51. The van der Waals surface area contributed by atoms with Crippen molar-refractivity contribution in [1.29, 1.82) is 0 Å². The zero-order valence-electron chi connectivity index (χ0n) is 9.92. The molecule has 6 nitrogen and oxygen atoms in total. The summed E-state index contributed by atoms with van der Waals surface area (Å²) >= 11 is 0. The molecule has 0 amide bonds. The molecule has 0 aliphatic carbocycles. The first kappa shape index (κ1) is 11.2. The first-order valence-corrected chi connectivity index (χ1v) is 5.70. The number of pyridine rings is 2. The van der Waals surface area contributed by atoms with Crippen molar-refractivity contribution in [2.24, 2.45) is 0 Å². The van der Waals surface area contributed by atoms with Gasteiger partial charge in [-0.3, -0.25) is 14.9 Å². The molecule has 0 radical (unpaired) electrons. The maximum absolute atomic E-state index is 11.4. The number of H-pyrrole nitrogens is 2. The summed E-state index contributed by atoms with van der Waals surface area (Å²) in [6.07, 6.45) is 3.26. The highest BCUT2D eigenvalue weighted by atomic mass is 16.1. The van der Waals surface area contributed by atoms with Crippen LogP contribution < -0.4 is 11.3 Å². The third-order valence-corrected chi connectivity index (χ3v) is 2.78. The van der Waals surface area contributed by atoms with Crippen molar-refractivity contribution < 1.29 is 0 Å². The number of anilines is 1. The second kappa shape index (κ2) is 4.41. The van der Waals surface area contributed by atoms with Crippen molar-refractivity contribution >= 4 is 5.82 Å². The van der Waals surface area contributed by atoms with E-state index in [2.05, 4.69) is 20.2 Å². The van der Waals surface area contributed by atoms with Gasteiger partial charge in [0.25, 0.3) is 0 Å². The molecule has 0 aliphatic heterocycles. The van der Waals surface area contributed by atoms with E-state index in [-0.39, 0.29) is 5.56 Å². The average molecular weight is 253 g/mol. The van der Waals surface area contributed by atoms with Gasteiger partial charge in [-0.25, -0.2) is 0 Å². The van der Waals surface area contributed by atoms with E-state index in [0.717, 1.165) is 0 Å². The van der Waals surface area contributed by atoms with Gasteiger partial charge in [-0.05, 0) is 18.2 Å². The van der Waals surface area contributed by atoms with Crippen molar-refractivity contribution in [3.8, 4) is 22.5 Å². The van der Waals surface area contributed by atoms with Crippen LogP contribution in [0.5, 0.6) is 0 Å². The van der Waals surface area contributed by atoms with Crippen LogP contribution in [0.25, 0.3) is 22.5 Å². The molecule has 94 valence electrons. The number of hydrogen-bond donors (Lipinski definition) is 3. The maximum atomic E-state index is 11.4. The molecule has 0 fully saturated rings. The minimum Gasteiger partial charge on any atom is -0.382 e. The lowest BCUT2D eigenvalue weighted by Crippen LogP contribution is -2.02. The number of rotatable bonds is 2. The van der Waals surface area contributed by atoms with Crippen LogP contribution in [0.1, 0.15) is 0 Å². The van der Waals surface area contributed by atoms with E-state index < -0.39 is 0 Å². The van der Waals surface area contributed by atoms with Crippen LogP contribution in [-0.2, 0) is 0 Å². The normalized spacial score (nSPS) is 10.5. The van der Waals surface area contributed by atoms with E-state index in [1.54, 1.807) is 18.5 Å². The van der Waals surface area contributed by atoms with Crippen molar-refractivity contribution in [2.75, 3.05) is 5.73 Å². The van der Waals surface area contributed by atoms with Crippen molar-refractivity contribution in [3.05, 3.63) is 53.1 Å². The summed E-state index contributed by atoms with van der Waals surface area (Å²) in [6.45, 7) is 0. The first-order valence-electron chi connectivity index (χ1n) is 5.70. The summed E-state index contributed by atoms with van der Waals surface area (Å²) < 4.78 is 0. The molecule has 3 aromatic rings. The third kappa shape index (κ3) is 1.99. The Morgan fingerprint density at radius 3 is 2.84 bits per heavy atom. The summed E-state index contributed by atoms with van der Waals surface area (Å²) in [7, 11) is 0. The zero-order valence-corrected chi connectivity index (χ0v) is 9.92. The summed E-state index contributed by atoms with van der Waals surface area (Å²) in [5, 5.41) is 6.85. The van der Waals surface area contributed by atoms with E-state index in [0.29, 0.717) is 28.3 Å². The van der Waals surface area contributed by atoms with E-state index in [1.165, 1.54) is 6.07 Å². The highest BCUT2D eigenvalue weighted by Crippen LogP contribution is 2.32. The quantitative estimate of drug-likeness (QED) is 0.642. The standard InChI is InChI=1S/C13H11N5O/c14-13-11(9-3-1-2-5-15-9)12(17-18-13)8-4-6-16-10(19)7-8/h1-7H,(H,16,19)(H3,14,17,18). The number of nitrogens with one attached hydrogen (secondary N) is 2. The molecule has 0 aromatic carbocycles. The lowest BCUT2D eigenvalue weighted by Gasteiger charge is -2.03. The van der Waals surface area contributed by atoms with Gasteiger partial charge in [-0.2, -0.15) is 5.10 Å². The average Bonchev–Trinajstić information content (AvgIpc) is 2.82. The Kier molecular flexibility index (Phi) is 2.60. The fraction of sp³-hybridized carbons (Fsp3) is 0. The number of aromatic amines is 2. The first-order chi connectivity index (χ1) is 9.25. The Hall–Kier alpha value is -2.89. The number of nitrogens with two attached hydrogens (primary N) is 1. The number of aromatic nitrogens is 4. The van der Waals surface area contributed by atoms with Gasteiger partial charge in [-0.15, -0.1) is 0 Å². The van der Waals surface area contributed by atoms with Gasteiger partial charge in [0.15, 0.2) is 5.82 Å². The molecule has 0 aliphatic rings. The predicted octanol–water partition coefficient (Wildman–Crippen LogP) is 1.41. The minimum absolute atomic E-state index is 0.183. The van der Waals surface area contributed by atoms with E-state index >= 15 is 0 Å². The van der Waals surface area contributed by atoms with Crippen LogP contribution in [0.4, 0.5) is 5.82 Å². The van der Waals surface area contributed by atoms with Crippen molar-refractivity contribution in [1.82, 2.24) is 20.2 Å². The summed E-state index contributed by atoms with van der Waals surface area (Å²) in [4.78, 5) is 18.2. The largest absolute Gasteiger partial charge is 0.382 e. The molecule has 6 heteroatoms. The highest BCUT2D eigenvalue weighted by Gasteiger charge is 2.15. The van der Waals surface area contributed by atoms with Crippen LogP contribution in [-0.4, -0.2) is 20.2 Å². The minimum atomic E-state index is -0.183. The van der Waals surface area contributed by atoms with Crippen LogP contribution in [0, 0.1) is 0 Å². The molecule has 0 spiro atoms. The molecule has 3 aromatic heterocycles. The predicted molar refractivity (Wildman–Crippen MR) is 72.3 cm³/mol. The Morgan fingerprint density at radius 1 is 1.21 bits per heavy atom. The molecule has 3 rings (SSSR count). The van der Waals surface area contributed by atoms with Gasteiger partial charge < -0.3 is 10.7 Å². The fourth-order valence-corrected chi connectivity index (χ4v) is 1.93. The third-order valence-electron chi connectivity index (χ3n) is 2.78. The highest BCUT2D eigenvalue weighted by molar-refractivity contribution is 5.85. The van der Waals surface area contributed by atoms with E-state index in [4.69, 9.17) is 5.73 Å². The molecule has 0 saturated heterocycles. The lowest BCUT2D eigenvalue weighted by molar-refractivity contribution is 1.10. The van der Waals surface area contributed by atoms with E-state index in [9.17, 15) is 4.79 Å². The van der Waals surface area contributed by atoms with Gasteiger partial charge >= 0.3 is 0 Å². The molecule has 3 heterocycles. The van der Waals surface area contributed by atoms with Crippen LogP contribution in [0.2, 0.25) is 0 Å². The van der Waals surface area contributed by atoms with Crippen molar-refractivity contribution in [3.63, 3.8) is 0 Å². The number of nitrogen functional groups attached to an aromatic ring is 1.